The molecule has 4 nitrogen and oxygen atoms in total. The van der Waals surface area contributed by atoms with E-state index in [-0.39, 0.29) is 17.9 Å². The quantitative estimate of drug-likeness (QED) is 0.821. The van der Waals surface area contributed by atoms with E-state index in [4.69, 9.17) is 0 Å². The predicted molar refractivity (Wildman–Crippen MR) is 88.0 cm³/mol. The Morgan fingerprint density at radius 3 is 2.45 bits per heavy atom. The SMILES string of the molecule is C[C@H](NC(=O)/C=C\c1ccccc1)C(=O)N(C)[C@@H](C)C1CC1. The molecule has 1 fully saturated rings. The summed E-state index contributed by atoms with van der Waals surface area (Å²) in [7, 11) is 1.81. The Kier molecular flexibility index (Phi) is 5.36. The van der Waals surface area contributed by atoms with E-state index in [2.05, 4.69) is 12.2 Å². The number of likely N-dealkylation sites (N-methyl/N-ethyl adjacent to an activating group) is 1. The Hall–Kier alpha value is -2.10. The van der Waals surface area contributed by atoms with Crippen molar-refractivity contribution >= 4 is 17.9 Å². The lowest BCUT2D eigenvalue weighted by atomic mass is 10.1. The van der Waals surface area contributed by atoms with E-state index in [0.717, 1.165) is 5.56 Å². The van der Waals surface area contributed by atoms with Crippen molar-refractivity contribution in [3.63, 3.8) is 0 Å². The van der Waals surface area contributed by atoms with Crippen molar-refractivity contribution < 1.29 is 9.59 Å². The number of nitrogens with zero attached hydrogens (tertiary/aromatic N) is 1. The van der Waals surface area contributed by atoms with Gasteiger partial charge in [-0.25, -0.2) is 0 Å². The zero-order chi connectivity index (χ0) is 16.1. The first-order chi connectivity index (χ1) is 10.5. The number of nitrogens with one attached hydrogen (secondary N) is 1. The number of carbonyl (C=O) groups is 2. The molecule has 0 bridgehead atoms. The zero-order valence-electron chi connectivity index (χ0n) is 13.5. The van der Waals surface area contributed by atoms with Crippen LogP contribution in [0.2, 0.25) is 0 Å². The highest BCUT2D eigenvalue weighted by atomic mass is 16.2. The average Bonchev–Trinajstić information content (AvgIpc) is 3.36. The van der Waals surface area contributed by atoms with E-state index in [1.54, 1.807) is 17.9 Å². The fourth-order valence-electron chi connectivity index (χ4n) is 2.46. The summed E-state index contributed by atoms with van der Waals surface area (Å²) in [6, 6.07) is 9.32. The summed E-state index contributed by atoms with van der Waals surface area (Å²) < 4.78 is 0. The van der Waals surface area contributed by atoms with Gasteiger partial charge in [-0.2, -0.15) is 0 Å². The first-order valence-corrected chi connectivity index (χ1v) is 7.79. The third-order valence-electron chi connectivity index (χ3n) is 4.22. The maximum atomic E-state index is 12.3. The molecule has 4 heteroatoms. The van der Waals surface area contributed by atoms with Crippen molar-refractivity contribution in [2.24, 2.45) is 5.92 Å². The zero-order valence-corrected chi connectivity index (χ0v) is 13.5. The lowest BCUT2D eigenvalue weighted by Gasteiger charge is -2.27. The molecule has 0 saturated heterocycles. The third-order valence-corrected chi connectivity index (χ3v) is 4.22. The van der Waals surface area contributed by atoms with E-state index < -0.39 is 6.04 Å². The third kappa shape index (κ3) is 4.45. The Bertz CT molecular complexity index is 549. The molecule has 1 aromatic rings. The summed E-state index contributed by atoms with van der Waals surface area (Å²) in [6.45, 7) is 3.80. The molecule has 0 radical (unpaired) electrons. The summed E-state index contributed by atoms with van der Waals surface area (Å²) in [5, 5.41) is 2.73. The van der Waals surface area contributed by atoms with Gasteiger partial charge in [-0.1, -0.05) is 30.3 Å². The predicted octanol–water partition coefficient (Wildman–Crippen LogP) is 2.46. The smallest absolute Gasteiger partial charge is 0.244 e. The fraction of sp³-hybridized carbons (Fsp3) is 0.444. The van der Waals surface area contributed by atoms with Crippen molar-refractivity contribution in [1.29, 1.82) is 0 Å². The van der Waals surface area contributed by atoms with Gasteiger partial charge in [0.25, 0.3) is 0 Å². The van der Waals surface area contributed by atoms with Crippen molar-refractivity contribution in [3.8, 4) is 0 Å². The molecule has 0 aliphatic heterocycles. The molecule has 1 aliphatic rings. The Morgan fingerprint density at radius 2 is 1.86 bits per heavy atom. The molecular formula is C18H24N2O2. The van der Waals surface area contributed by atoms with Crippen LogP contribution < -0.4 is 5.32 Å². The van der Waals surface area contributed by atoms with Crippen molar-refractivity contribution in [1.82, 2.24) is 10.2 Å². The lowest BCUT2D eigenvalue weighted by Crippen LogP contribution is -2.48. The number of hydrogen-bond donors (Lipinski definition) is 1. The molecule has 22 heavy (non-hydrogen) atoms. The summed E-state index contributed by atoms with van der Waals surface area (Å²) in [5.41, 5.74) is 0.955. The summed E-state index contributed by atoms with van der Waals surface area (Å²) in [4.78, 5) is 26.0. The van der Waals surface area contributed by atoms with E-state index in [9.17, 15) is 9.59 Å². The highest BCUT2D eigenvalue weighted by molar-refractivity contribution is 5.95. The number of rotatable bonds is 6. The van der Waals surface area contributed by atoms with Gasteiger partial charge in [0.1, 0.15) is 6.04 Å². The molecule has 1 aliphatic carbocycles. The molecular weight excluding hydrogens is 276 g/mol. The average molecular weight is 300 g/mol. The number of amides is 2. The van der Waals surface area contributed by atoms with Crippen LogP contribution in [0.5, 0.6) is 0 Å². The summed E-state index contributed by atoms with van der Waals surface area (Å²) >= 11 is 0. The Labute approximate surface area is 132 Å². The minimum absolute atomic E-state index is 0.0409. The Morgan fingerprint density at radius 1 is 1.23 bits per heavy atom. The van der Waals surface area contributed by atoms with Gasteiger partial charge in [0.05, 0.1) is 0 Å². The minimum Gasteiger partial charge on any atom is -0.341 e. The minimum atomic E-state index is -0.515. The van der Waals surface area contributed by atoms with Crippen LogP contribution in [0, 0.1) is 5.92 Å². The van der Waals surface area contributed by atoms with Crippen LogP contribution in [0.3, 0.4) is 0 Å². The molecule has 2 atom stereocenters. The van der Waals surface area contributed by atoms with Crippen LogP contribution in [0.15, 0.2) is 36.4 Å². The van der Waals surface area contributed by atoms with Crippen molar-refractivity contribution in [2.75, 3.05) is 7.05 Å². The van der Waals surface area contributed by atoms with Gasteiger partial charge in [-0.3, -0.25) is 9.59 Å². The first kappa shape index (κ1) is 16.3. The molecule has 1 N–H and O–H groups in total. The topological polar surface area (TPSA) is 49.4 Å². The standard InChI is InChI=1S/C18H24N2O2/c1-13(18(22)20(3)14(2)16-10-11-16)19-17(21)12-9-15-7-5-4-6-8-15/h4-9,12-14,16H,10-11H2,1-3H3,(H,19,21)/b12-9-/t13-,14-/m0/s1. The fourth-order valence-corrected chi connectivity index (χ4v) is 2.46. The highest BCUT2D eigenvalue weighted by Crippen LogP contribution is 2.34. The molecule has 0 heterocycles. The van der Waals surface area contributed by atoms with E-state index in [0.29, 0.717) is 5.92 Å². The van der Waals surface area contributed by atoms with Crippen LogP contribution in [-0.2, 0) is 9.59 Å². The number of benzene rings is 1. The molecule has 1 aromatic carbocycles. The summed E-state index contributed by atoms with van der Waals surface area (Å²) in [6.07, 6.45) is 5.59. The van der Waals surface area contributed by atoms with Crippen LogP contribution in [0.1, 0.15) is 32.3 Å². The second-order valence-electron chi connectivity index (χ2n) is 6.00. The van der Waals surface area contributed by atoms with Gasteiger partial charge < -0.3 is 10.2 Å². The van der Waals surface area contributed by atoms with Gasteiger partial charge in [0.2, 0.25) is 11.8 Å². The van der Waals surface area contributed by atoms with Crippen LogP contribution in [-0.4, -0.2) is 35.8 Å². The molecule has 118 valence electrons. The first-order valence-electron chi connectivity index (χ1n) is 7.79. The monoisotopic (exact) mass is 300 g/mol. The molecule has 0 aromatic heterocycles. The second-order valence-corrected chi connectivity index (χ2v) is 6.00. The second kappa shape index (κ2) is 7.25. The highest BCUT2D eigenvalue weighted by Gasteiger charge is 2.33. The molecule has 2 amide bonds. The van der Waals surface area contributed by atoms with Gasteiger partial charge in [-0.15, -0.1) is 0 Å². The number of carbonyl (C=O) groups excluding carboxylic acids is 2. The normalized spacial score (nSPS) is 17.0. The van der Waals surface area contributed by atoms with Crippen LogP contribution in [0.4, 0.5) is 0 Å². The van der Waals surface area contributed by atoms with Gasteiger partial charge in [-0.05, 0) is 44.2 Å². The molecule has 0 spiro atoms. The largest absolute Gasteiger partial charge is 0.341 e. The molecule has 0 unspecified atom stereocenters. The van der Waals surface area contributed by atoms with Crippen LogP contribution >= 0.6 is 0 Å². The lowest BCUT2D eigenvalue weighted by molar-refractivity contribution is -0.135. The van der Waals surface area contributed by atoms with Crippen molar-refractivity contribution in [2.45, 2.75) is 38.8 Å². The maximum absolute atomic E-state index is 12.3. The molecule has 2 rings (SSSR count). The van der Waals surface area contributed by atoms with E-state index in [1.165, 1.54) is 18.9 Å². The Balaban J connectivity index is 1.85. The van der Waals surface area contributed by atoms with E-state index in [1.807, 2.05) is 37.4 Å². The molecule has 1 saturated carbocycles. The van der Waals surface area contributed by atoms with Crippen molar-refractivity contribution in [3.05, 3.63) is 42.0 Å². The van der Waals surface area contributed by atoms with Gasteiger partial charge >= 0.3 is 0 Å². The van der Waals surface area contributed by atoms with Crippen LogP contribution in [0.25, 0.3) is 6.08 Å². The van der Waals surface area contributed by atoms with E-state index >= 15 is 0 Å². The summed E-state index contributed by atoms with van der Waals surface area (Å²) in [5.74, 6) is 0.327. The van der Waals surface area contributed by atoms with Gasteiger partial charge in [0, 0.05) is 19.2 Å². The van der Waals surface area contributed by atoms with Gasteiger partial charge in [0.15, 0.2) is 0 Å². The maximum Gasteiger partial charge on any atom is 0.244 e. The number of hydrogen-bond acceptors (Lipinski definition) is 2.